The summed E-state index contributed by atoms with van der Waals surface area (Å²) in [6.45, 7) is 4.48. The van der Waals surface area contributed by atoms with Crippen molar-refractivity contribution in [3.05, 3.63) is 41.7 Å². The number of aromatic nitrogens is 3. The number of nitrogen functional groups attached to an aromatic ring is 1. The van der Waals surface area contributed by atoms with E-state index in [9.17, 15) is 4.79 Å². The van der Waals surface area contributed by atoms with Gasteiger partial charge in [-0.25, -0.2) is 4.98 Å². The van der Waals surface area contributed by atoms with Crippen molar-refractivity contribution in [2.24, 2.45) is 5.73 Å². The molecule has 1 aromatic carbocycles. The van der Waals surface area contributed by atoms with Crippen molar-refractivity contribution in [3.8, 4) is 10.6 Å². The van der Waals surface area contributed by atoms with Gasteiger partial charge >= 0.3 is 0 Å². The third-order valence-electron chi connectivity index (χ3n) is 5.01. The third-order valence-corrected chi connectivity index (χ3v) is 5.90. The first-order valence-corrected chi connectivity index (χ1v) is 10.6. The minimum absolute atomic E-state index is 0.134. The number of carbonyl (C=O) groups is 1. The molecule has 0 radical (unpaired) electrons. The lowest BCUT2D eigenvalue weighted by Gasteiger charge is -2.34. The second-order valence-electron chi connectivity index (χ2n) is 7.20. The van der Waals surface area contributed by atoms with Gasteiger partial charge in [0.05, 0.1) is 17.6 Å². The highest BCUT2D eigenvalue weighted by molar-refractivity contribution is 7.13. The summed E-state index contributed by atoms with van der Waals surface area (Å²) < 4.78 is 1.83. The highest BCUT2D eigenvalue weighted by Gasteiger charge is 2.21. The number of benzene rings is 1. The van der Waals surface area contributed by atoms with Gasteiger partial charge in [0.15, 0.2) is 0 Å². The molecule has 4 rings (SSSR count). The maximum Gasteiger partial charge on any atom is 0.275 e. The summed E-state index contributed by atoms with van der Waals surface area (Å²) in [5.41, 5.74) is 15.6. The fourth-order valence-corrected chi connectivity index (χ4v) is 4.28. The molecule has 9 heteroatoms. The van der Waals surface area contributed by atoms with Gasteiger partial charge in [-0.1, -0.05) is 0 Å². The van der Waals surface area contributed by atoms with Gasteiger partial charge in [0.25, 0.3) is 5.91 Å². The van der Waals surface area contributed by atoms with Crippen molar-refractivity contribution in [1.82, 2.24) is 14.8 Å². The summed E-state index contributed by atoms with van der Waals surface area (Å²) in [5.74, 6) is -0.261. The number of thiazole rings is 1. The molecule has 0 bridgehead atoms. The van der Waals surface area contributed by atoms with Crippen LogP contribution in [-0.2, 0) is 6.54 Å². The van der Waals surface area contributed by atoms with E-state index in [1.54, 1.807) is 17.6 Å². The van der Waals surface area contributed by atoms with Gasteiger partial charge in [-0.3, -0.25) is 9.48 Å². The number of hydrogen-bond acceptors (Lipinski definition) is 7. The van der Waals surface area contributed by atoms with Crippen LogP contribution in [0.4, 0.5) is 17.1 Å². The zero-order chi connectivity index (χ0) is 20.4. The number of aryl methyl sites for hydroxylation is 1. The van der Waals surface area contributed by atoms with E-state index in [0.717, 1.165) is 48.7 Å². The second-order valence-corrected chi connectivity index (χ2v) is 8.06. The van der Waals surface area contributed by atoms with Crippen LogP contribution in [0.5, 0.6) is 0 Å². The average Bonchev–Trinajstić information content (AvgIpc) is 3.37. The van der Waals surface area contributed by atoms with E-state index in [-0.39, 0.29) is 11.9 Å². The largest absolute Gasteiger partial charge is 0.399 e. The molecule has 3 heterocycles. The Hall–Kier alpha value is -2.91. The summed E-state index contributed by atoms with van der Waals surface area (Å²) in [7, 11) is 0. The van der Waals surface area contributed by atoms with Crippen molar-refractivity contribution in [2.45, 2.75) is 32.4 Å². The Morgan fingerprint density at radius 1 is 1.41 bits per heavy atom. The van der Waals surface area contributed by atoms with Gasteiger partial charge in [0.2, 0.25) is 0 Å². The number of piperidine rings is 1. The van der Waals surface area contributed by atoms with Crippen LogP contribution in [0.25, 0.3) is 10.6 Å². The van der Waals surface area contributed by atoms with Crippen molar-refractivity contribution in [1.29, 1.82) is 0 Å². The van der Waals surface area contributed by atoms with E-state index in [1.807, 2.05) is 29.9 Å². The number of rotatable bonds is 5. The normalized spacial score (nSPS) is 16.8. The van der Waals surface area contributed by atoms with Crippen LogP contribution in [0.2, 0.25) is 0 Å². The van der Waals surface area contributed by atoms with Crippen LogP contribution in [-0.4, -0.2) is 39.8 Å². The standard InChI is InChI=1S/C20H25N7OS/c1-2-27-10-13(9-23-27)20-25-17(12-29-20)19(28)24-16-8-14(21)5-6-18(16)26-7-3-4-15(22)11-26/h5-6,8-10,12,15H,2-4,7,11,21-22H2,1H3,(H,24,28)/t15-/m1/s1. The summed E-state index contributed by atoms with van der Waals surface area (Å²) in [6.07, 6.45) is 5.74. The molecule has 2 aromatic heterocycles. The first-order valence-electron chi connectivity index (χ1n) is 9.73. The van der Waals surface area contributed by atoms with Gasteiger partial charge in [-0.05, 0) is 38.0 Å². The highest BCUT2D eigenvalue weighted by Crippen LogP contribution is 2.31. The van der Waals surface area contributed by atoms with E-state index in [0.29, 0.717) is 17.1 Å². The molecule has 0 unspecified atom stereocenters. The average molecular weight is 412 g/mol. The van der Waals surface area contributed by atoms with Gasteiger partial charge in [0.1, 0.15) is 10.7 Å². The zero-order valence-electron chi connectivity index (χ0n) is 16.3. The van der Waals surface area contributed by atoms with Crippen LogP contribution < -0.4 is 21.7 Å². The van der Waals surface area contributed by atoms with Crippen molar-refractivity contribution >= 4 is 34.3 Å². The molecule has 0 spiro atoms. The Kier molecular flexibility index (Phi) is 5.50. The molecule has 1 fully saturated rings. The van der Waals surface area contributed by atoms with E-state index < -0.39 is 0 Å². The maximum atomic E-state index is 12.9. The predicted octanol–water partition coefficient (Wildman–Crippen LogP) is 2.79. The molecule has 29 heavy (non-hydrogen) atoms. The number of hydrogen-bond donors (Lipinski definition) is 3. The zero-order valence-corrected chi connectivity index (χ0v) is 17.2. The molecule has 1 saturated heterocycles. The van der Waals surface area contributed by atoms with Crippen molar-refractivity contribution in [2.75, 3.05) is 29.0 Å². The van der Waals surface area contributed by atoms with E-state index in [2.05, 4.69) is 20.3 Å². The molecule has 8 nitrogen and oxygen atoms in total. The molecule has 1 atom stereocenters. The number of amides is 1. The molecule has 3 aromatic rings. The monoisotopic (exact) mass is 411 g/mol. The third kappa shape index (κ3) is 4.25. The molecular formula is C20H25N7OS. The summed E-state index contributed by atoms with van der Waals surface area (Å²) >= 11 is 1.42. The summed E-state index contributed by atoms with van der Waals surface area (Å²) in [5, 5.41) is 9.78. The van der Waals surface area contributed by atoms with Gasteiger partial charge in [-0.2, -0.15) is 5.10 Å². The van der Waals surface area contributed by atoms with E-state index >= 15 is 0 Å². The van der Waals surface area contributed by atoms with Crippen molar-refractivity contribution < 1.29 is 4.79 Å². The maximum absolute atomic E-state index is 12.9. The van der Waals surface area contributed by atoms with Gasteiger partial charge < -0.3 is 21.7 Å². The molecule has 1 aliphatic rings. The number of carbonyl (C=O) groups excluding carboxylic acids is 1. The van der Waals surface area contributed by atoms with Crippen LogP contribution in [0.3, 0.4) is 0 Å². The molecule has 152 valence electrons. The van der Waals surface area contributed by atoms with Crippen molar-refractivity contribution in [3.63, 3.8) is 0 Å². The van der Waals surface area contributed by atoms with Crippen LogP contribution in [0.1, 0.15) is 30.3 Å². The number of nitrogens with zero attached hydrogens (tertiary/aromatic N) is 4. The summed E-state index contributed by atoms with van der Waals surface area (Å²) in [4.78, 5) is 19.6. The molecular weight excluding hydrogens is 386 g/mol. The topological polar surface area (TPSA) is 115 Å². The fourth-order valence-electron chi connectivity index (χ4n) is 3.50. The SMILES string of the molecule is CCn1cc(-c2nc(C(=O)Nc3cc(N)ccc3N3CCC[C@@H](N)C3)cs2)cn1. The number of nitrogens with two attached hydrogens (primary N) is 2. The van der Waals surface area contributed by atoms with Crippen LogP contribution >= 0.6 is 11.3 Å². The minimum Gasteiger partial charge on any atom is -0.399 e. The van der Waals surface area contributed by atoms with E-state index in [1.165, 1.54) is 11.3 Å². The lowest BCUT2D eigenvalue weighted by atomic mass is 10.1. The van der Waals surface area contributed by atoms with Crippen LogP contribution in [0, 0.1) is 0 Å². The second kappa shape index (κ2) is 8.22. The highest BCUT2D eigenvalue weighted by atomic mass is 32.1. The number of anilines is 3. The molecule has 5 N–H and O–H groups in total. The Balaban J connectivity index is 1.55. The quantitative estimate of drug-likeness (QED) is 0.556. The Bertz CT molecular complexity index is 1010. The summed E-state index contributed by atoms with van der Waals surface area (Å²) in [6, 6.07) is 5.70. The van der Waals surface area contributed by atoms with Crippen LogP contribution in [0.15, 0.2) is 36.0 Å². The molecule has 0 saturated carbocycles. The van der Waals surface area contributed by atoms with E-state index in [4.69, 9.17) is 11.5 Å². The smallest absolute Gasteiger partial charge is 0.275 e. The Morgan fingerprint density at radius 2 is 2.28 bits per heavy atom. The molecule has 1 amide bonds. The molecule has 1 aliphatic heterocycles. The van der Waals surface area contributed by atoms with Gasteiger partial charge in [0, 0.05) is 48.5 Å². The number of nitrogens with one attached hydrogen (secondary N) is 1. The Labute approximate surface area is 173 Å². The lowest BCUT2D eigenvalue weighted by Crippen LogP contribution is -2.43. The first kappa shape index (κ1) is 19.4. The van der Waals surface area contributed by atoms with Gasteiger partial charge in [-0.15, -0.1) is 11.3 Å². The lowest BCUT2D eigenvalue weighted by molar-refractivity contribution is 0.102. The Morgan fingerprint density at radius 3 is 3.03 bits per heavy atom. The molecule has 0 aliphatic carbocycles. The predicted molar refractivity (Wildman–Crippen MR) is 117 cm³/mol. The fraction of sp³-hybridized carbons (Fsp3) is 0.350. The first-order chi connectivity index (χ1) is 14.0. The minimum atomic E-state index is -0.261.